The van der Waals surface area contributed by atoms with Crippen molar-refractivity contribution >= 4 is 14.7 Å². The van der Waals surface area contributed by atoms with E-state index in [1.165, 1.54) is 5.19 Å². The van der Waals surface area contributed by atoms with E-state index in [1.807, 2.05) is 0 Å². The van der Waals surface area contributed by atoms with Crippen LogP contribution in [0, 0.1) is 5.41 Å². The molecule has 0 N–H and O–H groups in total. The number of benzene rings is 1. The first-order chi connectivity index (χ1) is 10.2. The van der Waals surface area contributed by atoms with Crippen LogP contribution in [0.15, 0.2) is 54.6 Å². The van der Waals surface area contributed by atoms with Gasteiger partial charge in [0, 0.05) is 25.8 Å². The van der Waals surface area contributed by atoms with Crippen LogP contribution in [0.2, 0.25) is 5.04 Å². The Bertz CT molecular complexity index is 555. The van der Waals surface area contributed by atoms with E-state index >= 15 is 0 Å². The number of allylic oxidation sites excluding steroid dienone is 2. The van der Waals surface area contributed by atoms with Gasteiger partial charge in [-0.15, -0.1) is 5.54 Å². The summed E-state index contributed by atoms with van der Waals surface area (Å²) in [6, 6.07) is 11.2. The molecule has 1 aromatic rings. The molecule has 0 radical (unpaired) electrons. The summed E-state index contributed by atoms with van der Waals surface area (Å²) in [6.07, 6.45) is 8.62. The van der Waals surface area contributed by atoms with Crippen molar-refractivity contribution in [1.29, 1.82) is 0 Å². The Hall–Kier alpha value is 0.327. The summed E-state index contributed by atoms with van der Waals surface area (Å²) in [5.74, 6) is 0. The molecule has 0 heterocycles. The van der Waals surface area contributed by atoms with Gasteiger partial charge in [-0.25, -0.2) is 0 Å². The van der Waals surface area contributed by atoms with Crippen LogP contribution >= 0.6 is 0 Å². The average molecular weight is 562 g/mol. The predicted molar refractivity (Wildman–Crippen MR) is 102 cm³/mol. The van der Waals surface area contributed by atoms with Gasteiger partial charge in [0.1, 0.15) is 0 Å². The van der Waals surface area contributed by atoms with Crippen molar-refractivity contribution in [3.05, 3.63) is 60.0 Å². The third-order valence-corrected chi connectivity index (χ3v) is 7.85. The molecule has 1 atom stereocenters. The van der Waals surface area contributed by atoms with E-state index in [9.17, 15) is 0 Å². The number of hydrogen-bond acceptors (Lipinski definition) is 0. The zero-order chi connectivity index (χ0) is 16.4. The van der Waals surface area contributed by atoms with Gasteiger partial charge in [0.15, 0.2) is 0 Å². The van der Waals surface area contributed by atoms with E-state index in [0.717, 1.165) is 0 Å². The number of nitrogens with zero attached hydrogens (tertiary/aromatic N) is 1. The maximum absolute atomic E-state index is 5.31. The molecule has 0 aromatic heterocycles. The number of rotatable bonds is 5. The van der Waals surface area contributed by atoms with Gasteiger partial charge in [0.05, 0.1) is 9.52 Å². The summed E-state index contributed by atoms with van der Waals surface area (Å²) in [7, 11) is -0.447. The van der Waals surface area contributed by atoms with Crippen LogP contribution in [-0.2, 0) is 25.8 Å². The first-order valence-corrected chi connectivity index (χ1v) is 9.68. The predicted octanol–water partition coefficient (Wildman–Crippen LogP) is -1.64. The van der Waals surface area contributed by atoms with E-state index in [1.54, 1.807) is 0 Å². The molecule has 1 aliphatic carbocycles. The molecule has 0 fully saturated rings. The molecule has 0 amide bonds. The summed E-state index contributed by atoms with van der Waals surface area (Å²) >= 11 is 0. The minimum absolute atomic E-state index is 0. The monoisotopic (exact) mass is 562 g/mol. The first-order valence-electron chi connectivity index (χ1n) is 8.27. The summed E-state index contributed by atoms with van der Waals surface area (Å²) in [6.45, 7) is 14.2. The maximum Gasteiger partial charge on any atom is 0.0592 e. The Morgan fingerprint density at radius 2 is 1.32 bits per heavy atom. The van der Waals surface area contributed by atoms with Crippen molar-refractivity contribution in [2.75, 3.05) is 0 Å². The minimum Gasteiger partial charge on any atom is -1.00 e. The number of halogens is 2. The summed E-state index contributed by atoms with van der Waals surface area (Å²) in [5.41, 5.74) is 0.0638. The van der Waals surface area contributed by atoms with Crippen molar-refractivity contribution in [3.63, 3.8) is 0 Å². The van der Waals surface area contributed by atoms with E-state index in [4.69, 9.17) is 5.32 Å². The van der Waals surface area contributed by atoms with Crippen LogP contribution in [0.4, 0.5) is 0 Å². The Labute approximate surface area is 187 Å². The smallest absolute Gasteiger partial charge is 0.0592 e. The van der Waals surface area contributed by atoms with E-state index in [-0.39, 0.29) is 72.7 Å². The molecular formula is C20H30Cl2HfNSi-3. The SMILES string of the molecule is CC(C)(C)C(C)([N-]C1C=CC=C1)C(C)(C)[SiH2]c1ccccc1.[Cl-].[Cl-].[Hf]. The van der Waals surface area contributed by atoms with E-state index in [0.29, 0.717) is 0 Å². The molecule has 1 nitrogen and oxygen atoms in total. The van der Waals surface area contributed by atoms with Crippen LogP contribution < -0.4 is 30.0 Å². The Balaban J connectivity index is 0. The molecule has 25 heavy (non-hydrogen) atoms. The van der Waals surface area contributed by atoms with Gasteiger partial charge in [-0.1, -0.05) is 118 Å². The first kappa shape index (κ1) is 27.5. The molecule has 2 rings (SSSR count). The topological polar surface area (TPSA) is 14.1 Å². The average Bonchev–Trinajstić information content (AvgIpc) is 2.90. The molecule has 0 bridgehead atoms. The Morgan fingerprint density at radius 1 is 0.840 bits per heavy atom. The van der Waals surface area contributed by atoms with Gasteiger partial charge in [-0.3, -0.25) is 0 Å². The normalized spacial score (nSPS) is 16.9. The Kier molecular flexibility index (Phi) is 11.7. The molecule has 0 spiro atoms. The van der Waals surface area contributed by atoms with Crippen LogP contribution in [0.25, 0.3) is 5.32 Å². The molecule has 0 aliphatic heterocycles. The van der Waals surface area contributed by atoms with Crippen LogP contribution in [0.5, 0.6) is 0 Å². The van der Waals surface area contributed by atoms with E-state index < -0.39 is 9.52 Å². The molecule has 0 saturated carbocycles. The molecule has 1 aromatic carbocycles. The number of hydrogen-bond donors (Lipinski definition) is 0. The molecule has 0 saturated heterocycles. The second-order valence-electron chi connectivity index (χ2n) is 8.26. The van der Waals surface area contributed by atoms with Crippen LogP contribution in [-0.4, -0.2) is 21.1 Å². The van der Waals surface area contributed by atoms with Gasteiger partial charge >= 0.3 is 0 Å². The standard InChI is InChI=1S/C20H30NSi.2ClH.Hf/c1-18(2,3)20(6,21-16-12-10-11-13-16)19(4,5)22-17-14-8-7-9-15-17;;;/h7-16H,22H2,1-6H3;2*1H;/q-1;;;/p-2. The van der Waals surface area contributed by atoms with Crippen molar-refractivity contribution < 1.29 is 50.7 Å². The zero-order valence-corrected chi connectivity index (χ0v) is 22.7. The molecule has 140 valence electrons. The van der Waals surface area contributed by atoms with Crippen molar-refractivity contribution in [2.24, 2.45) is 5.41 Å². The molecular weight excluding hydrogens is 532 g/mol. The molecule has 1 unspecified atom stereocenters. The fourth-order valence-electron chi connectivity index (χ4n) is 3.47. The van der Waals surface area contributed by atoms with Crippen LogP contribution in [0.3, 0.4) is 0 Å². The summed E-state index contributed by atoms with van der Waals surface area (Å²) < 4.78 is 0. The second kappa shape index (κ2) is 10.6. The fourth-order valence-corrected chi connectivity index (χ4v) is 5.96. The fraction of sp³-hybridized carbons (Fsp3) is 0.500. The second-order valence-corrected chi connectivity index (χ2v) is 11.2. The van der Waals surface area contributed by atoms with Gasteiger partial charge in [-0.05, 0) is 0 Å². The van der Waals surface area contributed by atoms with Crippen LogP contribution in [0.1, 0.15) is 41.5 Å². The molecule has 1 aliphatic rings. The Morgan fingerprint density at radius 3 is 1.76 bits per heavy atom. The van der Waals surface area contributed by atoms with Crippen molar-refractivity contribution in [2.45, 2.75) is 58.2 Å². The zero-order valence-electron chi connectivity index (χ0n) is 16.2. The van der Waals surface area contributed by atoms with Gasteiger partial charge < -0.3 is 30.1 Å². The maximum atomic E-state index is 5.31. The van der Waals surface area contributed by atoms with Gasteiger partial charge in [0.25, 0.3) is 0 Å². The quantitative estimate of drug-likeness (QED) is 0.383. The third-order valence-electron chi connectivity index (χ3n) is 5.40. The van der Waals surface area contributed by atoms with Crippen molar-refractivity contribution in [1.82, 2.24) is 0 Å². The van der Waals surface area contributed by atoms with E-state index in [2.05, 4.69) is 96.2 Å². The van der Waals surface area contributed by atoms with Gasteiger partial charge in [-0.2, -0.15) is 0 Å². The minimum atomic E-state index is -0.447. The van der Waals surface area contributed by atoms with Gasteiger partial charge in [0.2, 0.25) is 0 Å². The van der Waals surface area contributed by atoms with Crippen molar-refractivity contribution in [3.8, 4) is 0 Å². The largest absolute Gasteiger partial charge is 1.00 e. The summed E-state index contributed by atoms with van der Waals surface area (Å²) in [5, 5.41) is 7.04. The summed E-state index contributed by atoms with van der Waals surface area (Å²) in [4.78, 5) is 0. The molecule has 5 heteroatoms. The third kappa shape index (κ3) is 6.46.